The lowest BCUT2D eigenvalue weighted by Gasteiger charge is -2.14. The van der Waals surface area contributed by atoms with E-state index in [4.69, 9.17) is 10.5 Å². The second-order valence-corrected chi connectivity index (χ2v) is 4.91. The van der Waals surface area contributed by atoms with Crippen LogP contribution in [0.2, 0.25) is 0 Å². The first-order chi connectivity index (χ1) is 10.1. The third-order valence-electron chi connectivity index (χ3n) is 3.37. The lowest BCUT2D eigenvalue weighted by Crippen LogP contribution is -2.27. The van der Waals surface area contributed by atoms with Gasteiger partial charge in [0.1, 0.15) is 11.9 Å². The highest BCUT2D eigenvalue weighted by atomic mass is 19.1. The number of amides is 1. The van der Waals surface area contributed by atoms with Gasteiger partial charge in [-0.3, -0.25) is 4.90 Å². The second-order valence-electron chi connectivity index (χ2n) is 4.91. The zero-order valence-corrected chi connectivity index (χ0v) is 11.5. The van der Waals surface area contributed by atoms with Crippen molar-refractivity contribution in [3.05, 3.63) is 42.2 Å². The number of aromatic nitrogens is 2. The van der Waals surface area contributed by atoms with E-state index in [1.807, 2.05) is 6.92 Å². The molecule has 1 amide bonds. The van der Waals surface area contributed by atoms with E-state index in [0.717, 1.165) is 5.69 Å². The van der Waals surface area contributed by atoms with Gasteiger partial charge >= 0.3 is 6.09 Å². The molecule has 3 rings (SSSR count). The zero-order chi connectivity index (χ0) is 15.0. The van der Waals surface area contributed by atoms with Crippen LogP contribution in [0.1, 0.15) is 5.69 Å². The summed E-state index contributed by atoms with van der Waals surface area (Å²) in [6.45, 7) is 2.41. The molecule has 2 N–H and O–H groups in total. The SMILES string of the molecule is Cc1cn(-c2ccc(N3C[C@H](CN)OC3=O)cc2F)cn1. The topological polar surface area (TPSA) is 73.4 Å². The summed E-state index contributed by atoms with van der Waals surface area (Å²) >= 11 is 0. The highest BCUT2D eigenvalue weighted by Gasteiger charge is 2.31. The van der Waals surface area contributed by atoms with Crippen LogP contribution in [-0.4, -0.2) is 34.8 Å². The van der Waals surface area contributed by atoms with Crippen LogP contribution in [0, 0.1) is 12.7 Å². The molecule has 0 unspecified atom stereocenters. The molecule has 1 aromatic heterocycles. The van der Waals surface area contributed by atoms with Crippen molar-refractivity contribution in [2.75, 3.05) is 18.0 Å². The molecular weight excluding hydrogens is 275 g/mol. The van der Waals surface area contributed by atoms with Gasteiger partial charge in [-0.1, -0.05) is 0 Å². The number of benzene rings is 1. The van der Waals surface area contributed by atoms with Crippen LogP contribution in [-0.2, 0) is 4.74 Å². The van der Waals surface area contributed by atoms with Gasteiger partial charge in [0, 0.05) is 12.7 Å². The summed E-state index contributed by atoms with van der Waals surface area (Å²) in [5.41, 5.74) is 7.11. The first-order valence-corrected chi connectivity index (χ1v) is 6.57. The molecule has 1 saturated heterocycles. The van der Waals surface area contributed by atoms with Gasteiger partial charge in [0.15, 0.2) is 0 Å². The number of cyclic esters (lactones) is 1. The number of aryl methyl sites for hydroxylation is 1. The average Bonchev–Trinajstić information content (AvgIpc) is 3.04. The summed E-state index contributed by atoms with van der Waals surface area (Å²) in [5.74, 6) is -0.436. The number of anilines is 1. The van der Waals surface area contributed by atoms with Gasteiger partial charge < -0.3 is 15.0 Å². The first kappa shape index (κ1) is 13.6. The summed E-state index contributed by atoms with van der Waals surface area (Å²) in [6, 6.07) is 4.59. The Hall–Kier alpha value is -2.41. The molecule has 0 radical (unpaired) electrons. The smallest absolute Gasteiger partial charge is 0.414 e. The van der Waals surface area contributed by atoms with Crippen molar-refractivity contribution < 1.29 is 13.9 Å². The number of nitrogens with two attached hydrogens (primary N) is 1. The molecule has 0 saturated carbocycles. The Bertz CT molecular complexity index is 685. The van der Waals surface area contributed by atoms with Crippen molar-refractivity contribution >= 4 is 11.8 Å². The van der Waals surface area contributed by atoms with Gasteiger partial charge in [-0.15, -0.1) is 0 Å². The Morgan fingerprint density at radius 3 is 2.90 bits per heavy atom. The molecule has 0 bridgehead atoms. The number of carbonyl (C=O) groups is 1. The molecule has 0 aliphatic carbocycles. The Labute approximate surface area is 120 Å². The summed E-state index contributed by atoms with van der Waals surface area (Å²) < 4.78 is 20.9. The maximum absolute atomic E-state index is 14.3. The molecule has 2 heterocycles. The van der Waals surface area contributed by atoms with E-state index in [1.165, 1.54) is 11.0 Å². The van der Waals surface area contributed by atoms with Crippen LogP contribution >= 0.6 is 0 Å². The van der Waals surface area contributed by atoms with Crippen LogP contribution in [0.3, 0.4) is 0 Å². The maximum atomic E-state index is 14.3. The minimum absolute atomic E-state index is 0.247. The minimum atomic E-state index is -0.504. The molecule has 7 heteroatoms. The fourth-order valence-electron chi connectivity index (χ4n) is 2.28. The summed E-state index contributed by atoms with van der Waals surface area (Å²) in [4.78, 5) is 17.2. The zero-order valence-electron chi connectivity index (χ0n) is 11.5. The highest BCUT2D eigenvalue weighted by Crippen LogP contribution is 2.25. The number of ether oxygens (including phenoxy) is 1. The van der Waals surface area contributed by atoms with E-state index >= 15 is 0 Å². The largest absolute Gasteiger partial charge is 0.443 e. The normalized spacial score (nSPS) is 18.1. The van der Waals surface area contributed by atoms with Crippen LogP contribution in [0.5, 0.6) is 0 Å². The predicted molar refractivity (Wildman–Crippen MR) is 74.9 cm³/mol. The van der Waals surface area contributed by atoms with Crippen molar-refractivity contribution in [3.8, 4) is 5.69 Å². The lowest BCUT2D eigenvalue weighted by atomic mass is 10.2. The molecule has 0 spiro atoms. The fraction of sp³-hybridized carbons (Fsp3) is 0.286. The summed E-state index contributed by atoms with van der Waals surface area (Å²) in [6.07, 6.45) is 2.42. The summed E-state index contributed by atoms with van der Waals surface area (Å²) in [7, 11) is 0. The van der Waals surface area contributed by atoms with Gasteiger partial charge in [0.25, 0.3) is 0 Å². The quantitative estimate of drug-likeness (QED) is 0.932. The van der Waals surface area contributed by atoms with Crippen molar-refractivity contribution in [1.29, 1.82) is 0 Å². The third-order valence-corrected chi connectivity index (χ3v) is 3.37. The van der Waals surface area contributed by atoms with E-state index in [9.17, 15) is 9.18 Å². The molecule has 2 aromatic rings. The molecule has 1 fully saturated rings. The Kier molecular flexibility index (Phi) is 3.34. The maximum Gasteiger partial charge on any atom is 0.414 e. The molecule has 1 atom stereocenters. The van der Waals surface area contributed by atoms with Gasteiger partial charge in [-0.25, -0.2) is 14.2 Å². The number of nitrogens with zero attached hydrogens (tertiary/aromatic N) is 3. The summed E-state index contributed by atoms with van der Waals surface area (Å²) in [5, 5.41) is 0. The van der Waals surface area contributed by atoms with Gasteiger partial charge in [-0.05, 0) is 25.1 Å². The Morgan fingerprint density at radius 1 is 1.52 bits per heavy atom. The van der Waals surface area contributed by atoms with Crippen LogP contribution < -0.4 is 10.6 Å². The van der Waals surface area contributed by atoms with Crippen molar-refractivity contribution in [1.82, 2.24) is 9.55 Å². The molecule has 1 aromatic carbocycles. The molecular formula is C14H15FN4O2. The number of hydrogen-bond donors (Lipinski definition) is 1. The van der Waals surface area contributed by atoms with Crippen LogP contribution in [0.4, 0.5) is 14.9 Å². The Morgan fingerprint density at radius 2 is 2.33 bits per heavy atom. The van der Waals surface area contributed by atoms with Crippen molar-refractivity contribution in [2.24, 2.45) is 5.73 Å². The molecule has 6 nitrogen and oxygen atoms in total. The van der Waals surface area contributed by atoms with E-state index < -0.39 is 11.9 Å². The van der Waals surface area contributed by atoms with E-state index in [2.05, 4.69) is 4.98 Å². The van der Waals surface area contributed by atoms with Crippen molar-refractivity contribution in [3.63, 3.8) is 0 Å². The third kappa shape index (κ3) is 2.47. The fourth-order valence-corrected chi connectivity index (χ4v) is 2.28. The van der Waals surface area contributed by atoms with E-state index in [-0.39, 0.29) is 12.6 Å². The van der Waals surface area contributed by atoms with Gasteiger partial charge in [0.05, 0.1) is 29.9 Å². The molecule has 110 valence electrons. The predicted octanol–water partition coefficient (Wildman–Crippen LogP) is 1.60. The average molecular weight is 290 g/mol. The number of hydrogen-bond acceptors (Lipinski definition) is 4. The van der Waals surface area contributed by atoms with Crippen LogP contribution in [0.25, 0.3) is 5.69 Å². The number of imidazole rings is 1. The van der Waals surface area contributed by atoms with Crippen LogP contribution in [0.15, 0.2) is 30.7 Å². The first-order valence-electron chi connectivity index (χ1n) is 6.57. The highest BCUT2D eigenvalue weighted by molar-refractivity contribution is 5.89. The monoisotopic (exact) mass is 290 g/mol. The van der Waals surface area contributed by atoms with E-state index in [0.29, 0.717) is 17.9 Å². The number of halogens is 1. The van der Waals surface area contributed by atoms with Crippen molar-refractivity contribution in [2.45, 2.75) is 13.0 Å². The van der Waals surface area contributed by atoms with Gasteiger partial charge in [-0.2, -0.15) is 0 Å². The standard InChI is InChI=1S/C14H15FN4O2/c1-9-6-18(8-17-9)13-3-2-10(4-12(13)15)19-7-11(5-16)21-14(19)20/h2-4,6,8,11H,5,7,16H2,1H3/t11-/m0/s1. The molecule has 21 heavy (non-hydrogen) atoms. The Balaban J connectivity index is 1.90. The van der Waals surface area contributed by atoms with E-state index in [1.54, 1.807) is 29.2 Å². The molecule has 1 aliphatic heterocycles. The molecule has 1 aliphatic rings. The van der Waals surface area contributed by atoms with Gasteiger partial charge in [0.2, 0.25) is 0 Å². The minimum Gasteiger partial charge on any atom is -0.443 e. The second kappa shape index (κ2) is 5.17. The lowest BCUT2D eigenvalue weighted by molar-refractivity contribution is 0.145. The number of carbonyl (C=O) groups excluding carboxylic acids is 1. The number of rotatable bonds is 3.